The molecule has 0 spiro atoms. The maximum Gasteiger partial charge on any atom is 0.0942 e. The molecule has 13 heavy (non-hydrogen) atoms. The minimum atomic E-state index is 0. The summed E-state index contributed by atoms with van der Waals surface area (Å²) < 4.78 is 0. The van der Waals surface area contributed by atoms with E-state index in [-0.39, 0.29) is 24.8 Å². The summed E-state index contributed by atoms with van der Waals surface area (Å²) in [5, 5.41) is 8.25. The second kappa shape index (κ2) is 8.42. The van der Waals surface area contributed by atoms with Crippen LogP contribution in [0.5, 0.6) is 0 Å². The van der Waals surface area contributed by atoms with Gasteiger partial charge in [-0.15, -0.1) is 36.6 Å². The fourth-order valence-corrected chi connectivity index (χ4v) is 1.41. The molecular formula is C9H13Cl2NS. The maximum atomic E-state index is 7.59. The second-order valence-corrected chi connectivity index (χ2v) is 3.40. The van der Waals surface area contributed by atoms with E-state index in [0.29, 0.717) is 5.04 Å². The van der Waals surface area contributed by atoms with Crippen molar-refractivity contribution < 1.29 is 0 Å². The predicted octanol–water partition coefficient (Wildman–Crippen LogP) is 3.61. The van der Waals surface area contributed by atoms with E-state index in [1.54, 1.807) is 11.8 Å². The number of nitrogens with one attached hydrogen (secondary N) is 1. The third-order valence-corrected chi connectivity index (χ3v) is 2.14. The minimum absolute atomic E-state index is 0. The fraction of sp³-hybridized carbons (Fsp3) is 0.222. The second-order valence-electron chi connectivity index (χ2n) is 2.13. The lowest BCUT2D eigenvalue weighted by Crippen LogP contribution is -1.92. The molecule has 0 aliphatic carbocycles. The molecule has 0 saturated carbocycles. The molecule has 0 saturated heterocycles. The molecule has 1 N–H and O–H groups in total. The lowest BCUT2D eigenvalue weighted by Gasteiger charge is -1.99. The van der Waals surface area contributed by atoms with E-state index >= 15 is 0 Å². The maximum absolute atomic E-state index is 7.59. The first-order valence-electron chi connectivity index (χ1n) is 3.61. The summed E-state index contributed by atoms with van der Waals surface area (Å²) in [6, 6.07) is 9.81. The van der Waals surface area contributed by atoms with Crippen LogP contribution in [0.1, 0.15) is 12.5 Å². The highest BCUT2D eigenvalue weighted by Crippen LogP contribution is 2.10. The lowest BCUT2D eigenvalue weighted by molar-refractivity contribution is 1.50. The van der Waals surface area contributed by atoms with Gasteiger partial charge in [-0.25, -0.2) is 0 Å². The van der Waals surface area contributed by atoms with E-state index in [9.17, 15) is 0 Å². The van der Waals surface area contributed by atoms with Crippen molar-refractivity contribution in [2.45, 2.75) is 6.92 Å². The summed E-state index contributed by atoms with van der Waals surface area (Å²) in [6.45, 7) is 2.06. The van der Waals surface area contributed by atoms with E-state index in [1.807, 2.05) is 30.3 Å². The Morgan fingerprint density at radius 3 is 2.23 bits per heavy atom. The zero-order valence-electron chi connectivity index (χ0n) is 7.32. The Labute approximate surface area is 95.6 Å². The van der Waals surface area contributed by atoms with Gasteiger partial charge in [0, 0.05) is 5.56 Å². The van der Waals surface area contributed by atoms with Gasteiger partial charge < -0.3 is 0 Å². The minimum Gasteiger partial charge on any atom is -0.293 e. The molecule has 0 unspecified atom stereocenters. The van der Waals surface area contributed by atoms with Crippen LogP contribution < -0.4 is 0 Å². The molecule has 4 heteroatoms. The van der Waals surface area contributed by atoms with E-state index in [0.717, 1.165) is 11.3 Å². The van der Waals surface area contributed by atoms with Crippen LogP contribution in [0.25, 0.3) is 0 Å². The number of benzene rings is 1. The van der Waals surface area contributed by atoms with Crippen LogP contribution in [0.15, 0.2) is 30.3 Å². The topological polar surface area (TPSA) is 23.9 Å². The SMILES string of the molecule is CCSC(=N)c1ccccc1.Cl.Cl. The monoisotopic (exact) mass is 237 g/mol. The Morgan fingerprint density at radius 2 is 1.77 bits per heavy atom. The molecule has 0 bridgehead atoms. The van der Waals surface area contributed by atoms with Gasteiger partial charge in [-0.1, -0.05) is 37.3 Å². The van der Waals surface area contributed by atoms with Gasteiger partial charge in [0.25, 0.3) is 0 Å². The van der Waals surface area contributed by atoms with Crippen molar-refractivity contribution in [2.75, 3.05) is 5.75 Å². The average molecular weight is 238 g/mol. The summed E-state index contributed by atoms with van der Waals surface area (Å²) in [4.78, 5) is 0. The van der Waals surface area contributed by atoms with E-state index in [4.69, 9.17) is 5.41 Å². The van der Waals surface area contributed by atoms with Crippen LogP contribution >= 0.6 is 36.6 Å². The number of halogens is 2. The molecule has 0 atom stereocenters. The molecule has 1 aromatic carbocycles. The number of rotatable bonds is 2. The summed E-state index contributed by atoms with van der Waals surface area (Å²) in [7, 11) is 0. The molecule has 0 aliphatic rings. The van der Waals surface area contributed by atoms with Crippen LogP contribution in [-0.2, 0) is 0 Å². The molecule has 0 fully saturated rings. The first-order valence-corrected chi connectivity index (χ1v) is 4.60. The van der Waals surface area contributed by atoms with E-state index in [1.165, 1.54) is 0 Å². The van der Waals surface area contributed by atoms with Crippen LogP contribution in [0.2, 0.25) is 0 Å². The first-order chi connectivity index (χ1) is 5.34. The van der Waals surface area contributed by atoms with Gasteiger partial charge in [0.1, 0.15) is 0 Å². The third kappa shape index (κ3) is 5.19. The number of hydrogen-bond acceptors (Lipinski definition) is 2. The molecule has 0 aliphatic heterocycles. The Morgan fingerprint density at radius 1 is 1.23 bits per heavy atom. The summed E-state index contributed by atoms with van der Waals surface area (Å²) in [6.07, 6.45) is 0. The molecule has 0 amide bonds. The predicted molar refractivity (Wildman–Crippen MR) is 65.9 cm³/mol. The van der Waals surface area contributed by atoms with Crippen molar-refractivity contribution in [1.82, 2.24) is 0 Å². The zero-order valence-corrected chi connectivity index (χ0v) is 9.77. The average Bonchev–Trinajstić information content (AvgIpc) is 2.07. The van der Waals surface area contributed by atoms with Crippen molar-refractivity contribution in [3.8, 4) is 0 Å². The zero-order chi connectivity index (χ0) is 8.10. The molecule has 0 heterocycles. The van der Waals surface area contributed by atoms with Gasteiger partial charge in [0.15, 0.2) is 0 Å². The lowest BCUT2D eigenvalue weighted by atomic mass is 10.2. The third-order valence-electron chi connectivity index (χ3n) is 1.32. The van der Waals surface area contributed by atoms with Crippen LogP contribution in [-0.4, -0.2) is 10.8 Å². The molecular weight excluding hydrogens is 225 g/mol. The normalized spacial score (nSPS) is 8.08. The van der Waals surface area contributed by atoms with Gasteiger partial charge in [-0.3, -0.25) is 5.41 Å². The van der Waals surface area contributed by atoms with Gasteiger partial charge in [-0.2, -0.15) is 0 Å². The van der Waals surface area contributed by atoms with Crippen molar-refractivity contribution in [2.24, 2.45) is 0 Å². The van der Waals surface area contributed by atoms with Crippen LogP contribution in [0.4, 0.5) is 0 Å². The molecule has 1 nitrogen and oxygen atoms in total. The highest BCUT2D eigenvalue weighted by molar-refractivity contribution is 8.14. The molecule has 1 rings (SSSR count). The standard InChI is InChI=1S/C9H11NS.2ClH/c1-2-11-9(10)8-6-4-3-5-7-8;;/h3-7,10H,2H2,1H3;2*1H. The number of thioether (sulfide) groups is 1. The highest BCUT2D eigenvalue weighted by Gasteiger charge is 1.97. The first kappa shape index (κ1) is 15.3. The highest BCUT2D eigenvalue weighted by atomic mass is 35.5. The van der Waals surface area contributed by atoms with Crippen molar-refractivity contribution >= 4 is 41.6 Å². The van der Waals surface area contributed by atoms with Gasteiger partial charge >= 0.3 is 0 Å². The Balaban J connectivity index is 0. The fourth-order valence-electron chi connectivity index (χ4n) is 0.817. The molecule has 0 radical (unpaired) electrons. The summed E-state index contributed by atoms with van der Waals surface area (Å²) >= 11 is 1.57. The van der Waals surface area contributed by atoms with E-state index in [2.05, 4.69) is 6.92 Å². The molecule has 0 aromatic heterocycles. The van der Waals surface area contributed by atoms with Gasteiger partial charge in [0.05, 0.1) is 5.04 Å². The van der Waals surface area contributed by atoms with Crippen LogP contribution in [0, 0.1) is 5.41 Å². The van der Waals surface area contributed by atoms with Crippen molar-refractivity contribution in [1.29, 1.82) is 5.41 Å². The summed E-state index contributed by atoms with van der Waals surface area (Å²) in [5.41, 5.74) is 1.01. The number of hydrogen-bond donors (Lipinski definition) is 1. The van der Waals surface area contributed by atoms with E-state index < -0.39 is 0 Å². The quantitative estimate of drug-likeness (QED) is 0.617. The van der Waals surface area contributed by atoms with Gasteiger partial charge in [-0.05, 0) is 5.75 Å². The summed E-state index contributed by atoms with van der Waals surface area (Å²) in [5.74, 6) is 0.966. The van der Waals surface area contributed by atoms with Crippen LogP contribution in [0.3, 0.4) is 0 Å². The van der Waals surface area contributed by atoms with Crippen molar-refractivity contribution in [3.63, 3.8) is 0 Å². The largest absolute Gasteiger partial charge is 0.293 e. The Bertz CT molecular complexity index is 239. The Hall–Kier alpha value is -0.180. The molecule has 1 aromatic rings. The smallest absolute Gasteiger partial charge is 0.0942 e. The van der Waals surface area contributed by atoms with Crippen molar-refractivity contribution in [3.05, 3.63) is 35.9 Å². The Kier molecular flexibility index (Phi) is 9.91. The van der Waals surface area contributed by atoms with Gasteiger partial charge in [0.2, 0.25) is 0 Å². The molecule has 74 valence electrons.